The Labute approximate surface area is 129 Å². The lowest BCUT2D eigenvalue weighted by molar-refractivity contribution is 0.102. The largest absolute Gasteiger partial charge is 0.333 e. The number of aromatic nitrogens is 2. The second-order valence-corrected chi connectivity index (χ2v) is 5.57. The summed E-state index contributed by atoms with van der Waals surface area (Å²) in [5.74, 6) is 0.648. The molecular weight excluding hydrogens is 310 g/mol. The third-order valence-corrected chi connectivity index (χ3v) is 3.99. The third-order valence-electron chi connectivity index (χ3n) is 2.75. The van der Waals surface area contributed by atoms with E-state index in [0.717, 1.165) is 4.88 Å². The summed E-state index contributed by atoms with van der Waals surface area (Å²) in [6.45, 7) is 1.74. The number of thiophene rings is 1. The van der Waals surface area contributed by atoms with Crippen LogP contribution in [-0.2, 0) is 0 Å². The Bertz CT molecular complexity index is 797. The van der Waals surface area contributed by atoms with Gasteiger partial charge in [-0.3, -0.25) is 4.79 Å². The van der Waals surface area contributed by atoms with Crippen LogP contribution in [0.2, 0.25) is 5.02 Å². The number of rotatable bonds is 3. The molecule has 0 aliphatic carbocycles. The summed E-state index contributed by atoms with van der Waals surface area (Å²) in [6, 6.07) is 8.66. The number of halogens is 1. The maximum absolute atomic E-state index is 12.3. The summed E-state index contributed by atoms with van der Waals surface area (Å²) in [5, 5.41) is 8.81. The molecule has 0 unspecified atom stereocenters. The molecule has 3 aromatic rings. The lowest BCUT2D eigenvalue weighted by Crippen LogP contribution is -2.12. The fourth-order valence-corrected chi connectivity index (χ4v) is 2.79. The first-order chi connectivity index (χ1) is 10.1. The molecule has 0 saturated carbocycles. The molecule has 2 aromatic heterocycles. The minimum absolute atomic E-state index is 0.281. The highest BCUT2D eigenvalue weighted by molar-refractivity contribution is 7.14. The topological polar surface area (TPSA) is 68.0 Å². The minimum Gasteiger partial charge on any atom is -0.333 e. The van der Waals surface area contributed by atoms with Gasteiger partial charge in [-0.05, 0) is 30.5 Å². The Hall–Kier alpha value is -2.18. The molecule has 21 heavy (non-hydrogen) atoms. The Morgan fingerprint density at radius 2 is 2.14 bits per heavy atom. The van der Waals surface area contributed by atoms with Crippen molar-refractivity contribution in [3.05, 3.63) is 52.1 Å². The molecule has 1 amide bonds. The molecule has 0 fully saturated rings. The van der Waals surface area contributed by atoms with Crippen LogP contribution in [0.1, 0.15) is 16.2 Å². The van der Waals surface area contributed by atoms with E-state index in [4.69, 9.17) is 16.1 Å². The average molecular weight is 320 g/mol. The predicted octanol–water partition coefficient (Wildman–Crippen LogP) is 4.01. The van der Waals surface area contributed by atoms with Gasteiger partial charge in [0.25, 0.3) is 11.8 Å². The zero-order valence-electron chi connectivity index (χ0n) is 11.0. The average Bonchev–Trinajstić information content (AvgIpc) is 3.08. The van der Waals surface area contributed by atoms with E-state index in [1.807, 2.05) is 5.38 Å². The number of carbonyl (C=O) groups excluding carboxylic acids is 1. The summed E-state index contributed by atoms with van der Waals surface area (Å²) < 4.78 is 5.13. The number of benzene rings is 1. The van der Waals surface area contributed by atoms with Gasteiger partial charge in [0.05, 0.1) is 16.3 Å². The van der Waals surface area contributed by atoms with E-state index in [1.165, 1.54) is 11.3 Å². The van der Waals surface area contributed by atoms with E-state index in [-0.39, 0.29) is 5.91 Å². The Kier molecular flexibility index (Phi) is 3.72. The van der Waals surface area contributed by atoms with Gasteiger partial charge in [-0.1, -0.05) is 28.9 Å². The number of nitrogens with one attached hydrogen (secondary N) is 1. The van der Waals surface area contributed by atoms with Crippen LogP contribution in [0.4, 0.5) is 5.69 Å². The first kappa shape index (κ1) is 13.8. The van der Waals surface area contributed by atoms with Crippen LogP contribution < -0.4 is 5.32 Å². The van der Waals surface area contributed by atoms with Gasteiger partial charge in [-0.2, -0.15) is 4.98 Å². The normalized spacial score (nSPS) is 10.6. The maximum Gasteiger partial charge on any atom is 0.270 e. The second kappa shape index (κ2) is 5.67. The molecule has 0 atom stereocenters. The SMILES string of the molecule is Cc1noc(-c2sccc2NC(=O)c2ccccc2Cl)n1. The van der Waals surface area contributed by atoms with E-state index >= 15 is 0 Å². The van der Waals surface area contributed by atoms with Crippen LogP contribution >= 0.6 is 22.9 Å². The molecule has 2 heterocycles. The van der Waals surface area contributed by atoms with E-state index in [0.29, 0.717) is 28.0 Å². The van der Waals surface area contributed by atoms with E-state index in [9.17, 15) is 4.79 Å². The molecule has 1 N–H and O–H groups in total. The van der Waals surface area contributed by atoms with Crippen molar-refractivity contribution in [3.8, 4) is 10.8 Å². The lowest BCUT2D eigenvalue weighted by atomic mass is 10.2. The molecule has 0 bridgehead atoms. The van der Waals surface area contributed by atoms with Gasteiger partial charge in [-0.15, -0.1) is 11.3 Å². The van der Waals surface area contributed by atoms with Crippen molar-refractivity contribution in [1.29, 1.82) is 0 Å². The second-order valence-electron chi connectivity index (χ2n) is 4.24. The number of anilines is 1. The first-order valence-corrected chi connectivity index (χ1v) is 7.35. The molecule has 3 rings (SSSR count). The fraction of sp³-hybridized carbons (Fsp3) is 0.0714. The smallest absolute Gasteiger partial charge is 0.270 e. The lowest BCUT2D eigenvalue weighted by Gasteiger charge is -2.06. The van der Waals surface area contributed by atoms with Gasteiger partial charge in [-0.25, -0.2) is 0 Å². The minimum atomic E-state index is -0.281. The van der Waals surface area contributed by atoms with Crippen molar-refractivity contribution in [1.82, 2.24) is 10.1 Å². The molecule has 0 aliphatic rings. The molecule has 106 valence electrons. The predicted molar refractivity (Wildman–Crippen MR) is 81.8 cm³/mol. The van der Waals surface area contributed by atoms with Crippen molar-refractivity contribution in [3.63, 3.8) is 0 Å². The first-order valence-electron chi connectivity index (χ1n) is 6.09. The van der Waals surface area contributed by atoms with Crippen LogP contribution in [0.15, 0.2) is 40.2 Å². The highest BCUT2D eigenvalue weighted by Crippen LogP contribution is 2.33. The molecule has 5 nitrogen and oxygen atoms in total. The molecule has 1 aromatic carbocycles. The Balaban J connectivity index is 1.88. The maximum atomic E-state index is 12.3. The summed E-state index contributed by atoms with van der Waals surface area (Å²) in [7, 11) is 0. The Morgan fingerprint density at radius 1 is 1.33 bits per heavy atom. The van der Waals surface area contributed by atoms with Gasteiger partial charge >= 0.3 is 0 Å². The number of amides is 1. The highest BCUT2D eigenvalue weighted by atomic mass is 35.5. The molecular formula is C14H10ClN3O2S. The Morgan fingerprint density at radius 3 is 2.86 bits per heavy atom. The number of carbonyl (C=O) groups is 1. The van der Waals surface area contributed by atoms with Gasteiger partial charge in [0, 0.05) is 0 Å². The van der Waals surface area contributed by atoms with Crippen molar-refractivity contribution < 1.29 is 9.32 Å². The number of nitrogens with zero attached hydrogens (tertiary/aromatic N) is 2. The summed E-state index contributed by atoms with van der Waals surface area (Å²) in [4.78, 5) is 17.1. The number of aryl methyl sites for hydroxylation is 1. The van der Waals surface area contributed by atoms with Gasteiger partial charge in [0.1, 0.15) is 4.88 Å². The summed E-state index contributed by atoms with van der Waals surface area (Å²) >= 11 is 7.43. The van der Waals surface area contributed by atoms with E-state index in [1.54, 1.807) is 37.3 Å². The summed E-state index contributed by atoms with van der Waals surface area (Å²) in [5.41, 5.74) is 1.03. The number of hydrogen-bond donors (Lipinski definition) is 1. The molecule has 0 aliphatic heterocycles. The summed E-state index contributed by atoms with van der Waals surface area (Å²) in [6.07, 6.45) is 0. The highest BCUT2D eigenvalue weighted by Gasteiger charge is 2.17. The van der Waals surface area contributed by atoms with Gasteiger partial charge in [0.2, 0.25) is 0 Å². The van der Waals surface area contributed by atoms with E-state index < -0.39 is 0 Å². The van der Waals surface area contributed by atoms with E-state index in [2.05, 4.69) is 15.5 Å². The third kappa shape index (κ3) is 2.81. The fourth-order valence-electron chi connectivity index (χ4n) is 1.80. The van der Waals surface area contributed by atoms with Crippen LogP contribution in [-0.4, -0.2) is 16.0 Å². The molecule has 7 heteroatoms. The number of hydrogen-bond acceptors (Lipinski definition) is 5. The molecule has 0 spiro atoms. The van der Waals surface area contributed by atoms with Crippen molar-refractivity contribution >= 4 is 34.5 Å². The van der Waals surface area contributed by atoms with Crippen molar-refractivity contribution in [2.24, 2.45) is 0 Å². The zero-order chi connectivity index (χ0) is 14.8. The standard InChI is InChI=1S/C14H10ClN3O2S/c1-8-16-14(20-18-8)12-11(6-7-21-12)17-13(19)9-4-2-3-5-10(9)15/h2-7H,1H3,(H,17,19). The zero-order valence-corrected chi connectivity index (χ0v) is 12.5. The van der Waals surface area contributed by atoms with Crippen LogP contribution in [0, 0.1) is 6.92 Å². The van der Waals surface area contributed by atoms with Crippen LogP contribution in [0.5, 0.6) is 0 Å². The quantitative estimate of drug-likeness (QED) is 0.792. The molecule has 0 radical (unpaired) electrons. The monoisotopic (exact) mass is 319 g/mol. The van der Waals surface area contributed by atoms with Crippen molar-refractivity contribution in [2.45, 2.75) is 6.92 Å². The van der Waals surface area contributed by atoms with Crippen LogP contribution in [0.25, 0.3) is 10.8 Å². The van der Waals surface area contributed by atoms with Gasteiger partial charge < -0.3 is 9.84 Å². The van der Waals surface area contributed by atoms with Crippen LogP contribution in [0.3, 0.4) is 0 Å². The molecule has 0 saturated heterocycles. The van der Waals surface area contributed by atoms with Crippen molar-refractivity contribution in [2.75, 3.05) is 5.32 Å². The van der Waals surface area contributed by atoms with Gasteiger partial charge in [0.15, 0.2) is 5.82 Å².